The van der Waals surface area contributed by atoms with Crippen LogP contribution in [0.2, 0.25) is 0 Å². The molecule has 21 heavy (non-hydrogen) atoms. The SMILES string of the molecule is CCc1cc(Br)ccc1NC(=O)c1ccc2c(c1)NCC2. The van der Waals surface area contributed by atoms with Gasteiger partial charge in [-0.1, -0.05) is 28.9 Å². The van der Waals surface area contributed by atoms with Crippen molar-refractivity contribution in [3.63, 3.8) is 0 Å². The number of carbonyl (C=O) groups excluding carboxylic acids is 1. The highest BCUT2D eigenvalue weighted by Gasteiger charge is 2.14. The number of amides is 1. The third-order valence-corrected chi connectivity index (χ3v) is 4.27. The smallest absolute Gasteiger partial charge is 0.255 e. The molecule has 3 rings (SSSR count). The van der Waals surface area contributed by atoms with E-state index in [1.54, 1.807) is 0 Å². The monoisotopic (exact) mass is 344 g/mol. The summed E-state index contributed by atoms with van der Waals surface area (Å²) in [6, 6.07) is 11.8. The van der Waals surface area contributed by atoms with Gasteiger partial charge in [0.05, 0.1) is 0 Å². The van der Waals surface area contributed by atoms with Crippen LogP contribution >= 0.6 is 15.9 Å². The minimum Gasteiger partial charge on any atom is -0.384 e. The average molecular weight is 345 g/mol. The van der Waals surface area contributed by atoms with Crippen molar-refractivity contribution in [3.05, 3.63) is 57.6 Å². The predicted molar refractivity (Wildman–Crippen MR) is 90.1 cm³/mol. The topological polar surface area (TPSA) is 41.1 Å². The summed E-state index contributed by atoms with van der Waals surface area (Å²) in [6.45, 7) is 3.03. The highest BCUT2D eigenvalue weighted by Crippen LogP contribution is 2.25. The lowest BCUT2D eigenvalue weighted by Crippen LogP contribution is -2.13. The fraction of sp³-hybridized carbons (Fsp3) is 0.235. The third-order valence-electron chi connectivity index (χ3n) is 3.78. The van der Waals surface area contributed by atoms with Crippen LogP contribution in [0, 0.1) is 0 Å². The summed E-state index contributed by atoms with van der Waals surface area (Å²) >= 11 is 3.46. The van der Waals surface area contributed by atoms with Gasteiger partial charge in [-0.2, -0.15) is 0 Å². The van der Waals surface area contributed by atoms with Gasteiger partial charge in [0.2, 0.25) is 0 Å². The van der Waals surface area contributed by atoms with Gasteiger partial charge in [0, 0.05) is 28.0 Å². The van der Waals surface area contributed by atoms with Crippen molar-refractivity contribution < 1.29 is 4.79 Å². The highest BCUT2D eigenvalue weighted by molar-refractivity contribution is 9.10. The number of hydrogen-bond acceptors (Lipinski definition) is 2. The van der Waals surface area contributed by atoms with Gasteiger partial charge in [0.1, 0.15) is 0 Å². The van der Waals surface area contributed by atoms with Crippen molar-refractivity contribution in [2.24, 2.45) is 0 Å². The summed E-state index contributed by atoms with van der Waals surface area (Å²) in [7, 11) is 0. The Morgan fingerprint density at radius 2 is 2.14 bits per heavy atom. The molecule has 2 aromatic carbocycles. The summed E-state index contributed by atoms with van der Waals surface area (Å²) in [4.78, 5) is 12.4. The van der Waals surface area contributed by atoms with E-state index >= 15 is 0 Å². The summed E-state index contributed by atoms with van der Waals surface area (Å²) < 4.78 is 1.03. The molecule has 0 aliphatic carbocycles. The van der Waals surface area contributed by atoms with Gasteiger partial charge in [0.25, 0.3) is 5.91 Å². The molecule has 1 amide bonds. The Bertz CT molecular complexity index is 697. The molecule has 0 radical (unpaired) electrons. The number of benzene rings is 2. The standard InChI is InChI=1S/C17H17BrN2O/c1-2-11-9-14(18)5-6-15(11)20-17(21)13-4-3-12-7-8-19-16(12)10-13/h3-6,9-10,19H,2,7-8H2,1H3,(H,20,21). The molecule has 3 nitrogen and oxygen atoms in total. The zero-order valence-electron chi connectivity index (χ0n) is 11.9. The first-order chi connectivity index (χ1) is 10.2. The number of aryl methyl sites for hydroxylation is 1. The van der Waals surface area contributed by atoms with E-state index in [-0.39, 0.29) is 5.91 Å². The lowest BCUT2D eigenvalue weighted by molar-refractivity contribution is 0.102. The first-order valence-electron chi connectivity index (χ1n) is 7.14. The van der Waals surface area contributed by atoms with Crippen LogP contribution in [0.4, 0.5) is 11.4 Å². The molecule has 0 bridgehead atoms. The van der Waals surface area contributed by atoms with Crippen molar-refractivity contribution in [1.29, 1.82) is 0 Å². The van der Waals surface area contributed by atoms with E-state index in [1.807, 2.05) is 36.4 Å². The molecule has 0 saturated heterocycles. The zero-order chi connectivity index (χ0) is 14.8. The Labute approximate surface area is 132 Å². The Morgan fingerprint density at radius 3 is 2.95 bits per heavy atom. The summed E-state index contributed by atoms with van der Waals surface area (Å²) in [5.41, 5.74) is 5.04. The molecule has 1 aliphatic rings. The number of anilines is 2. The highest BCUT2D eigenvalue weighted by atomic mass is 79.9. The zero-order valence-corrected chi connectivity index (χ0v) is 13.5. The van der Waals surface area contributed by atoms with Crippen LogP contribution in [0.5, 0.6) is 0 Å². The summed E-state index contributed by atoms with van der Waals surface area (Å²) in [5.74, 6) is -0.0662. The van der Waals surface area contributed by atoms with Gasteiger partial charge in [-0.25, -0.2) is 0 Å². The molecule has 0 aromatic heterocycles. The molecule has 1 heterocycles. The second-order valence-corrected chi connectivity index (χ2v) is 6.07. The molecular weight excluding hydrogens is 328 g/mol. The van der Waals surface area contributed by atoms with Crippen LogP contribution in [0.1, 0.15) is 28.4 Å². The Hall–Kier alpha value is -1.81. The van der Waals surface area contributed by atoms with Crippen molar-refractivity contribution in [2.45, 2.75) is 19.8 Å². The van der Waals surface area contributed by atoms with Crippen molar-refractivity contribution in [3.8, 4) is 0 Å². The number of fused-ring (bicyclic) bond motifs is 1. The van der Waals surface area contributed by atoms with E-state index in [0.29, 0.717) is 5.56 Å². The summed E-state index contributed by atoms with van der Waals surface area (Å²) in [6.07, 6.45) is 1.91. The Morgan fingerprint density at radius 1 is 1.29 bits per heavy atom. The third kappa shape index (κ3) is 2.95. The molecule has 0 fully saturated rings. The van der Waals surface area contributed by atoms with E-state index in [2.05, 4.69) is 33.5 Å². The van der Waals surface area contributed by atoms with E-state index in [0.717, 1.165) is 40.8 Å². The Kier molecular flexibility index (Phi) is 3.97. The number of hydrogen-bond donors (Lipinski definition) is 2. The van der Waals surface area contributed by atoms with E-state index in [1.165, 1.54) is 5.56 Å². The van der Waals surface area contributed by atoms with Crippen LogP contribution in [0.15, 0.2) is 40.9 Å². The van der Waals surface area contributed by atoms with Gasteiger partial charge < -0.3 is 10.6 Å². The first kappa shape index (κ1) is 14.1. The maximum atomic E-state index is 12.4. The molecule has 0 atom stereocenters. The number of halogens is 1. The first-order valence-corrected chi connectivity index (χ1v) is 7.93. The average Bonchev–Trinajstić information content (AvgIpc) is 2.96. The minimum absolute atomic E-state index is 0.0662. The maximum absolute atomic E-state index is 12.4. The Balaban J connectivity index is 1.83. The van der Waals surface area contributed by atoms with Crippen molar-refractivity contribution in [2.75, 3.05) is 17.2 Å². The van der Waals surface area contributed by atoms with Gasteiger partial charge in [-0.15, -0.1) is 0 Å². The normalized spacial score (nSPS) is 12.7. The summed E-state index contributed by atoms with van der Waals surface area (Å²) in [5, 5.41) is 6.31. The van der Waals surface area contributed by atoms with Crippen LogP contribution in [-0.4, -0.2) is 12.5 Å². The molecular formula is C17H17BrN2O. The fourth-order valence-corrected chi connectivity index (χ4v) is 3.01. The lowest BCUT2D eigenvalue weighted by Gasteiger charge is -2.11. The lowest BCUT2D eigenvalue weighted by atomic mass is 10.1. The second kappa shape index (κ2) is 5.90. The molecule has 4 heteroatoms. The van der Waals surface area contributed by atoms with Gasteiger partial charge in [-0.05, 0) is 54.3 Å². The van der Waals surface area contributed by atoms with Crippen LogP contribution in [0.3, 0.4) is 0 Å². The predicted octanol–water partition coefficient (Wildman–Crippen LogP) is 4.23. The number of nitrogens with one attached hydrogen (secondary N) is 2. The molecule has 0 saturated carbocycles. The molecule has 2 N–H and O–H groups in total. The van der Waals surface area contributed by atoms with Crippen LogP contribution < -0.4 is 10.6 Å². The largest absolute Gasteiger partial charge is 0.384 e. The molecule has 2 aromatic rings. The fourth-order valence-electron chi connectivity index (χ4n) is 2.60. The molecule has 108 valence electrons. The number of carbonyl (C=O) groups is 1. The van der Waals surface area contributed by atoms with Crippen LogP contribution in [0.25, 0.3) is 0 Å². The van der Waals surface area contributed by atoms with Crippen molar-refractivity contribution >= 4 is 33.2 Å². The molecule has 0 spiro atoms. The van der Waals surface area contributed by atoms with Crippen molar-refractivity contribution in [1.82, 2.24) is 0 Å². The second-order valence-electron chi connectivity index (χ2n) is 5.16. The maximum Gasteiger partial charge on any atom is 0.255 e. The van der Waals surface area contributed by atoms with E-state index < -0.39 is 0 Å². The quantitative estimate of drug-likeness (QED) is 0.874. The van der Waals surface area contributed by atoms with Gasteiger partial charge >= 0.3 is 0 Å². The van der Waals surface area contributed by atoms with E-state index in [9.17, 15) is 4.79 Å². The molecule has 0 unspecified atom stereocenters. The van der Waals surface area contributed by atoms with E-state index in [4.69, 9.17) is 0 Å². The van der Waals surface area contributed by atoms with Gasteiger partial charge in [-0.3, -0.25) is 4.79 Å². The van der Waals surface area contributed by atoms with Gasteiger partial charge in [0.15, 0.2) is 0 Å². The van der Waals surface area contributed by atoms with Crippen LogP contribution in [-0.2, 0) is 12.8 Å². The number of rotatable bonds is 3. The minimum atomic E-state index is -0.0662. The molecule has 1 aliphatic heterocycles.